The normalized spacial score (nSPS) is 11.2. The second-order valence-corrected chi connectivity index (χ2v) is 8.43. The van der Waals surface area contributed by atoms with Crippen molar-refractivity contribution in [2.24, 2.45) is 0 Å². The Kier molecular flexibility index (Phi) is 4.80. The molecule has 1 aromatic carbocycles. The SMILES string of the molecule is COc1ccc(NS(=O)(=O)c2cc(Br)sc2C)cc1OC. The van der Waals surface area contributed by atoms with E-state index in [2.05, 4.69) is 20.7 Å². The number of nitrogens with one attached hydrogen (secondary N) is 1. The lowest BCUT2D eigenvalue weighted by Gasteiger charge is -2.11. The number of sulfonamides is 1. The summed E-state index contributed by atoms with van der Waals surface area (Å²) < 4.78 is 38.4. The molecule has 1 N–H and O–H groups in total. The molecule has 0 aliphatic rings. The van der Waals surface area contributed by atoms with Crippen LogP contribution in [-0.4, -0.2) is 22.6 Å². The molecule has 0 saturated carbocycles. The molecule has 0 atom stereocenters. The predicted octanol–water partition coefficient (Wildman–Crippen LogP) is 3.64. The third-order valence-corrected chi connectivity index (χ3v) is 5.96. The molecule has 8 heteroatoms. The topological polar surface area (TPSA) is 64.6 Å². The first kappa shape index (κ1) is 16.1. The van der Waals surface area contributed by atoms with Crippen molar-refractivity contribution in [2.45, 2.75) is 11.8 Å². The highest BCUT2D eigenvalue weighted by molar-refractivity contribution is 9.11. The lowest BCUT2D eigenvalue weighted by atomic mass is 10.3. The Bertz CT molecular complexity index is 756. The number of anilines is 1. The smallest absolute Gasteiger partial charge is 0.263 e. The molecule has 1 aromatic heterocycles. The fourth-order valence-corrected chi connectivity index (χ4v) is 5.27. The Morgan fingerprint density at radius 1 is 1.14 bits per heavy atom. The fourth-order valence-electron chi connectivity index (χ4n) is 1.81. The van der Waals surface area contributed by atoms with E-state index in [0.717, 1.165) is 8.66 Å². The van der Waals surface area contributed by atoms with Gasteiger partial charge in [-0.3, -0.25) is 4.72 Å². The molecule has 0 saturated heterocycles. The number of benzene rings is 1. The van der Waals surface area contributed by atoms with Gasteiger partial charge in [-0.05, 0) is 41.1 Å². The lowest BCUT2D eigenvalue weighted by Crippen LogP contribution is -2.13. The molecule has 0 spiro atoms. The van der Waals surface area contributed by atoms with E-state index in [1.807, 2.05) is 0 Å². The van der Waals surface area contributed by atoms with E-state index in [0.29, 0.717) is 17.2 Å². The van der Waals surface area contributed by atoms with Crippen molar-refractivity contribution in [3.63, 3.8) is 0 Å². The van der Waals surface area contributed by atoms with Gasteiger partial charge in [-0.25, -0.2) is 8.42 Å². The van der Waals surface area contributed by atoms with Crippen LogP contribution in [0.4, 0.5) is 5.69 Å². The molecule has 21 heavy (non-hydrogen) atoms. The van der Waals surface area contributed by atoms with Gasteiger partial charge in [0.25, 0.3) is 10.0 Å². The van der Waals surface area contributed by atoms with E-state index in [1.54, 1.807) is 31.2 Å². The quantitative estimate of drug-likeness (QED) is 0.844. The summed E-state index contributed by atoms with van der Waals surface area (Å²) in [7, 11) is -0.616. The molecule has 0 radical (unpaired) electrons. The minimum absolute atomic E-state index is 0.258. The van der Waals surface area contributed by atoms with E-state index in [1.165, 1.54) is 25.6 Å². The molecule has 0 aliphatic carbocycles. The standard InChI is InChI=1S/C13H14BrNO4S2/c1-8-12(7-13(14)20-8)21(16,17)15-9-4-5-10(18-2)11(6-9)19-3/h4-7,15H,1-3H3. The van der Waals surface area contributed by atoms with E-state index in [4.69, 9.17) is 9.47 Å². The summed E-state index contributed by atoms with van der Waals surface area (Å²) in [6.45, 7) is 1.76. The van der Waals surface area contributed by atoms with Crippen LogP contribution < -0.4 is 14.2 Å². The van der Waals surface area contributed by atoms with Crippen molar-refractivity contribution >= 4 is 43.0 Å². The minimum atomic E-state index is -3.63. The molecular formula is C13H14BrNO4S2. The largest absolute Gasteiger partial charge is 0.493 e. The monoisotopic (exact) mass is 391 g/mol. The molecule has 0 bridgehead atoms. The van der Waals surface area contributed by atoms with E-state index >= 15 is 0 Å². The zero-order chi connectivity index (χ0) is 15.6. The Morgan fingerprint density at radius 2 is 1.81 bits per heavy atom. The Balaban J connectivity index is 2.35. The molecular weight excluding hydrogens is 378 g/mol. The van der Waals surface area contributed by atoms with Gasteiger partial charge in [-0.2, -0.15) is 0 Å². The maximum atomic E-state index is 12.4. The van der Waals surface area contributed by atoms with E-state index < -0.39 is 10.0 Å². The van der Waals surface area contributed by atoms with Crippen molar-refractivity contribution < 1.29 is 17.9 Å². The zero-order valence-corrected chi connectivity index (χ0v) is 14.9. The summed E-state index contributed by atoms with van der Waals surface area (Å²) >= 11 is 4.67. The summed E-state index contributed by atoms with van der Waals surface area (Å²) in [5.41, 5.74) is 0.411. The van der Waals surface area contributed by atoms with Crippen LogP contribution in [-0.2, 0) is 10.0 Å². The molecule has 1 heterocycles. The van der Waals surface area contributed by atoms with Gasteiger partial charge in [0, 0.05) is 10.9 Å². The van der Waals surface area contributed by atoms with Crippen LogP contribution in [0.5, 0.6) is 11.5 Å². The summed E-state index contributed by atoms with van der Waals surface area (Å²) in [5, 5.41) is 0. The number of thiophene rings is 1. The molecule has 0 fully saturated rings. The molecule has 114 valence electrons. The number of aryl methyl sites for hydroxylation is 1. The lowest BCUT2D eigenvalue weighted by molar-refractivity contribution is 0.355. The zero-order valence-electron chi connectivity index (χ0n) is 11.6. The molecule has 0 unspecified atom stereocenters. The Hall–Kier alpha value is -1.25. The number of hydrogen-bond acceptors (Lipinski definition) is 5. The molecule has 0 amide bonds. The van der Waals surface area contributed by atoms with Crippen molar-refractivity contribution in [1.82, 2.24) is 0 Å². The van der Waals surface area contributed by atoms with Crippen molar-refractivity contribution in [1.29, 1.82) is 0 Å². The maximum Gasteiger partial charge on any atom is 0.263 e. The molecule has 2 rings (SSSR count). The molecule has 2 aromatic rings. The average Bonchev–Trinajstić information content (AvgIpc) is 2.78. The van der Waals surface area contributed by atoms with Crippen LogP contribution in [0.2, 0.25) is 0 Å². The highest BCUT2D eigenvalue weighted by atomic mass is 79.9. The van der Waals surface area contributed by atoms with Crippen LogP contribution in [0, 0.1) is 6.92 Å². The van der Waals surface area contributed by atoms with E-state index in [-0.39, 0.29) is 4.90 Å². The second kappa shape index (κ2) is 6.25. The van der Waals surface area contributed by atoms with Crippen LogP contribution >= 0.6 is 27.3 Å². The number of halogens is 1. The Morgan fingerprint density at radius 3 is 2.33 bits per heavy atom. The van der Waals surface area contributed by atoms with Gasteiger partial charge in [-0.15, -0.1) is 11.3 Å². The third kappa shape index (κ3) is 3.50. The number of hydrogen-bond donors (Lipinski definition) is 1. The predicted molar refractivity (Wildman–Crippen MR) is 87.1 cm³/mol. The highest BCUT2D eigenvalue weighted by Gasteiger charge is 2.20. The van der Waals surface area contributed by atoms with Crippen LogP contribution in [0.15, 0.2) is 32.9 Å². The van der Waals surface area contributed by atoms with Crippen molar-refractivity contribution in [3.05, 3.63) is 32.9 Å². The van der Waals surface area contributed by atoms with Gasteiger partial charge in [0.2, 0.25) is 0 Å². The van der Waals surface area contributed by atoms with Crippen LogP contribution in [0.3, 0.4) is 0 Å². The summed E-state index contributed by atoms with van der Waals surface area (Å²) in [6.07, 6.45) is 0. The number of ether oxygens (including phenoxy) is 2. The maximum absolute atomic E-state index is 12.4. The first-order valence-electron chi connectivity index (χ1n) is 5.88. The van der Waals surface area contributed by atoms with Gasteiger partial charge in [0.1, 0.15) is 4.90 Å². The molecule has 0 aliphatic heterocycles. The first-order valence-corrected chi connectivity index (χ1v) is 8.97. The van der Waals surface area contributed by atoms with Gasteiger partial charge >= 0.3 is 0 Å². The summed E-state index contributed by atoms with van der Waals surface area (Å²) in [6, 6.07) is 6.43. The average molecular weight is 392 g/mol. The van der Waals surface area contributed by atoms with Gasteiger partial charge in [-0.1, -0.05) is 0 Å². The fraction of sp³-hybridized carbons (Fsp3) is 0.231. The summed E-state index contributed by atoms with van der Waals surface area (Å²) in [5.74, 6) is 0.996. The summed E-state index contributed by atoms with van der Waals surface area (Å²) in [4.78, 5) is 0.976. The van der Waals surface area contributed by atoms with Gasteiger partial charge in [0.15, 0.2) is 11.5 Å². The van der Waals surface area contributed by atoms with Crippen LogP contribution in [0.1, 0.15) is 4.88 Å². The van der Waals surface area contributed by atoms with E-state index in [9.17, 15) is 8.42 Å². The van der Waals surface area contributed by atoms with Gasteiger partial charge in [0.05, 0.1) is 23.7 Å². The molecule has 5 nitrogen and oxygen atoms in total. The van der Waals surface area contributed by atoms with Crippen molar-refractivity contribution in [2.75, 3.05) is 18.9 Å². The van der Waals surface area contributed by atoms with Crippen LogP contribution in [0.25, 0.3) is 0 Å². The Labute approximate surface area is 136 Å². The minimum Gasteiger partial charge on any atom is -0.493 e. The highest BCUT2D eigenvalue weighted by Crippen LogP contribution is 2.33. The number of rotatable bonds is 5. The third-order valence-electron chi connectivity index (χ3n) is 2.77. The van der Waals surface area contributed by atoms with Crippen molar-refractivity contribution in [3.8, 4) is 11.5 Å². The first-order chi connectivity index (χ1) is 9.87. The second-order valence-electron chi connectivity index (χ2n) is 4.15. The van der Waals surface area contributed by atoms with Gasteiger partial charge < -0.3 is 9.47 Å². The number of methoxy groups -OCH3 is 2.